The molecule has 5 rings (SSSR count). The number of allylic oxidation sites excluding steroid dienone is 3. The standard InChI is InChI=1S/C25H33N3S.C3H8O.2C2H6.C2H2/c1-28-24(27)20-9-7-16(14-23(20)26)21-10-11-22-19-8-6-15-4-2-3-5-17(15)18(19)12-13-25(21,22)29;1-3(2)4;3*1-2/h6-7,9-10,14,17-19,22,29H,2-5,8,11-13,26H2,1H3,(H2,27,28);3-4H,1-2H3;2*1-2H3;1-2H. The number of aliphatic hydroxyl groups excluding tert-OH is 1. The van der Waals surface area contributed by atoms with Crippen molar-refractivity contribution in [2.24, 2.45) is 34.4 Å². The summed E-state index contributed by atoms with van der Waals surface area (Å²) in [5, 5.41) is 8.06. The minimum absolute atomic E-state index is 0.0283. The Hall–Kier alpha value is -2.16. The number of rotatable bonds is 2. The molecule has 1 aromatic rings. The maximum Gasteiger partial charge on any atom is 0.127 e. The van der Waals surface area contributed by atoms with Gasteiger partial charge in [-0.3, -0.25) is 4.99 Å². The van der Waals surface area contributed by atoms with E-state index in [1.54, 1.807) is 26.5 Å². The van der Waals surface area contributed by atoms with Crippen molar-refractivity contribution in [1.82, 2.24) is 0 Å². The van der Waals surface area contributed by atoms with Gasteiger partial charge in [0.25, 0.3) is 0 Å². The molecule has 4 aliphatic rings. The topological polar surface area (TPSA) is 84.6 Å². The number of nitrogens with two attached hydrogens (primary N) is 2. The van der Waals surface area contributed by atoms with Crippen molar-refractivity contribution < 1.29 is 5.11 Å². The summed E-state index contributed by atoms with van der Waals surface area (Å²) in [7, 11) is 1.70. The van der Waals surface area contributed by atoms with Crippen molar-refractivity contribution in [3.05, 3.63) is 47.1 Å². The highest BCUT2D eigenvalue weighted by Crippen LogP contribution is 2.61. The van der Waals surface area contributed by atoms with E-state index in [2.05, 4.69) is 42.1 Å². The highest BCUT2D eigenvalue weighted by molar-refractivity contribution is 7.82. The molecular weight excluding hydrogens is 498 g/mol. The molecule has 5 atom stereocenters. The van der Waals surface area contributed by atoms with Gasteiger partial charge in [0.1, 0.15) is 5.84 Å². The quantitative estimate of drug-likeness (QED) is 0.0750. The average molecular weight is 554 g/mol. The van der Waals surface area contributed by atoms with E-state index in [-0.39, 0.29) is 10.9 Å². The Morgan fingerprint density at radius 2 is 1.69 bits per heavy atom. The molecule has 0 radical (unpaired) electrons. The van der Waals surface area contributed by atoms with E-state index >= 15 is 0 Å². The van der Waals surface area contributed by atoms with Crippen LogP contribution in [0.25, 0.3) is 5.57 Å². The number of amidine groups is 1. The van der Waals surface area contributed by atoms with Gasteiger partial charge < -0.3 is 16.6 Å². The molecule has 39 heavy (non-hydrogen) atoms. The fourth-order valence-corrected chi connectivity index (χ4v) is 7.60. The van der Waals surface area contributed by atoms with Gasteiger partial charge in [0, 0.05) is 29.1 Å². The van der Waals surface area contributed by atoms with Crippen LogP contribution in [0.2, 0.25) is 0 Å². The van der Waals surface area contributed by atoms with Crippen LogP contribution in [0.1, 0.15) is 104 Å². The van der Waals surface area contributed by atoms with Crippen molar-refractivity contribution in [2.45, 2.75) is 104 Å². The second-order valence-corrected chi connectivity index (χ2v) is 11.4. The molecule has 2 saturated carbocycles. The predicted octanol–water partition coefficient (Wildman–Crippen LogP) is 7.91. The molecule has 0 aromatic heterocycles. The number of aliphatic hydroxyl groups is 1. The van der Waals surface area contributed by atoms with E-state index in [1.165, 1.54) is 56.1 Å². The number of fused-ring (bicyclic) bond motifs is 5. The van der Waals surface area contributed by atoms with Crippen LogP contribution in [0.3, 0.4) is 0 Å². The van der Waals surface area contributed by atoms with Crippen molar-refractivity contribution >= 4 is 29.7 Å². The molecule has 5 heteroatoms. The van der Waals surface area contributed by atoms with Gasteiger partial charge in [0.05, 0.1) is 0 Å². The molecule has 4 aliphatic carbocycles. The van der Waals surface area contributed by atoms with Crippen LogP contribution in [0.4, 0.5) is 5.69 Å². The van der Waals surface area contributed by atoms with Crippen LogP contribution in [0.5, 0.6) is 0 Å². The summed E-state index contributed by atoms with van der Waals surface area (Å²) >= 11 is 5.39. The number of nitrogens with zero attached hydrogens (tertiary/aromatic N) is 1. The number of aliphatic imine (C=N–C) groups is 1. The fraction of sp³-hybridized carbons (Fsp3) is 0.618. The van der Waals surface area contributed by atoms with Crippen LogP contribution in [-0.4, -0.2) is 28.8 Å². The highest BCUT2D eigenvalue weighted by Gasteiger charge is 2.53. The van der Waals surface area contributed by atoms with Crippen LogP contribution in [0, 0.1) is 36.5 Å². The first-order valence-electron chi connectivity index (χ1n) is 15.0. The van der Waals surface area contributed by atoms with Crippen LogP contribution < -0.4 is 11.5 Å². The minimum atomic E-state index is -0.167. The van der Waals surface area contributed by atoms with Gasteiger partial charge in [-0.05, 0) is 106 Å². The maximum absolute atomic E-state index is 8.06. The molecule has 2 fully saturated rings. The molecule has 1 aromatic carbocycles. The number of nitrogen functional groups attached to an aromatic ring is 1. The van der Waals surface area contributed by atoms with Crippen molar-refractivity contribution in [1.29, 1.82) is 0 Å². The first-order chi connectivity index (χ1) is 18.8. The molecule has 4 nitrogen and oxygen atoms in total. The van der Waals surface area contributed by atoms with Gasteiger partial charge in [-0.15, -0.1) is 12.8 Å². The first-order valence-corrected chi connectivity index (χ1v) is 15.5. The third-order valence-electron chi connectivity index (χ3n) is 8.34. The predicted molar refractivity (Wildman–Crippen MR) is 176 cm³/mol. The van der Waals surface area contributed by atoms with Gasteiger partial charge in [0.15, 0.2) is 0 Å². The molecule has 218 valence electrons. The van der Waals surface area contributed by atoms with Crippen LogP contribution in [0.15, 0.2) is 40.9 Å². The summed E-state index contributed by atoms with van der Waals surface area (Å²) in [6.07, 6.45) is 23.4. The van der Waals surface area contributed by atoms with E-state index in [4.69, 9.17) is 29.2 Å². The molecule has 5 N–H and O–H groups in total. The van der Waals surface area contributed by atoms with Gasteiger partial charge in [-0.2, -0.15) is 12.6 Å². The molecule has 0 saturated heterocycles. The summed E-state index contributed by atoms with van der Waals surface area (Å²) in [5.74, 6) is 3.64. The number of hydrogen-bond acceptors (Lipinski definition) is 4. The molecular formula is C34H55N3OS. The lowest BCUT2D eigenvalue weighted by atomic mass is 9.56. The van der Waals surface area contributed by atoms with Gasteiger partial charge in [-0.1, -0.05) is 57.9 Å². The second-order valence-electron chi connectivity index (χ2n) is 10.6. The second kappa shape index (κ2) is 16.8. The number of terminal acetylenes is 1. The summed E-state index contributed by atoms with van der Waals surface area (Å²) in [5.41, 5.74) is 18.2. The zero-order valence-electron chi connectivity index (χ0n) is 25.6. The molecule has 0 aliphatic heterocycles. The Balaban J connectivity index is 0.000000676. The highest BCUT2D eigenvalue weighted by atomic mass is 32.1. The Morgan fingerprint density at radius 3 is 2.28 bits per heavy atom. The lowest BCUT2D eigenvalue weighted by molar-refractivity contribution is 0.0870. The Kier molecular flexibility index (Phi) is 15.0. The SMILES string of the molecule is C#C.CC.CC.CC(C)O.CN=C(N)c1ccc(C2=CCC3C4CC=C5CCCCC5C4CCC23S)cc1N. The monoisotopic (exact) mass is 553 g/mol. The Labute approximate surface area is 245 Å². The first kappa shape index (κ1) is 34.9. The third-order valence-corrected chi connectivity index (χ3v) is 9.13. The lowest BCUT2D eigenvalue weighted by Crippen LogP contribution is -2.46. The third kappa shape index (κ3) is 7.95. The van der Waals surface area contributed by atoms with E-state index < -0.39 is 0 Å². The number of anilines is 1. The van der Waals surface area contributed by atoms with Crippen LogP contribution >= 0.6 is 12.6 Å². The van der Waals surface area contributed by atoms with E-state index in [0.29, 0.717) is 17.4 Å². The molecule has 0 amide bonds. The fourth-order valence-electron chi connectivity index (χ4n) is 6.95. The smallest absolute Gasteiger partial charge is 0.127 e. The Morgan fingerprint density at radius 1 is 1.05 bits per heavy atom. The van der Waals surface area contributed by atoms with Crippen molar-refractivity contribution in [2.75, 3.05) is 12.8 Å². The zero-order valence-corrected chi connectivity index (χ0v) is 26.5. The number of hydrogen-bond donors (Lipinski definition) is 4. The van der Waals surface area contributed by atoms with Gasteiger partial charge >= 0.3 is 0 Å². The van der Waals surface area contributed by atoms with Crippen molar-refractivity contribution in [3.63, 3.8) is 0 Å². The normalized spacial score (nSPS) is 28.5. The molecule has 0 spiro atoms. The Bertz CT molecular complexity index is 1010. The summed E-state index contributed by atoms with van der Waals surface area (Å²) in [6.45, 7) is 11.4. The lowest BCUT2D eigenvalue weighted by Gasteiger charge is -2.52. The van der Waals surface area contributed by atoms with Crippen LogP contribution in [-0.2, 0) is 0 Å². The average Bonchev–Trinajstić information content (AvgIpc) is 3.32. The van der Waals surface area contributed by atoms with E-state index in [1.807, 2.05) is 33.8 Å². The van der Waals surface area contributed by atoms with Gasteiger partial charge in [-0.25, -0.2) is 0 Å². The molecule has 5 unspecified atom stereocenters. The van der Waals surface area contributed by atoms with Crippen molar-refractivity contribution in [3.8, 4) is 12.8 Å². The van der Waals surface area contributed by atoms with E-state index in [0.717, 1.165) is 29.7 Å². The summed E-state index contributed by atoms with van der Waals surface area (Å²) < 4.78 is -0.0283. The maximum atomic E-state index is 8.06. The summed E-state index contributed by atoms with van der Waals surface area (Å²) in [6, 6.07) is 6.25. The largest absolute Gasteiger partial charge is 0.398 e. The number of thiol groups is 1. The van der Waals surface area contributed by atoms with E-state index in [9.17, 15) is 0 Å². The molecule has 0 heterocycles. The zero-order chi connectivity index (χ0) is 29.8. The number of benzene rings is 1. The summed E-state index contributed by atoms with van der Waals surface area (Å²) in [4.78, 5) is 4.08. The molecule has 0 bridgehead atoms. The van der Waals surface area contributed by atoms with Gasteiger partial charge in [0.2, 0.25) is 0 Å². The minimum Gasteiger partial charge on any atom is -0.398 e.